The van der Waals surface area contributed by atoms with Crippen LogP contribution in [-0.2, 0) is 14.3 Å². The van der Waals surface area contributed by atoms with Gasteiger partial charge in [0.15, 0.2) is 0 Å². The minimum absolute atomic E-state index is 0.140. The lowest BCUT2D eigenvalue weighted by atomic mass is 10.2. The van der Waals surface area contributed by atoms with E-state index in [1.807, 2.05) is 0 Å². The Kier molecular flexibility index (Phi) is 7.83. The highest BCUT2D eigenvalue weighted by atomic mass is 33.1. The van der Waals surface area contributed by atoms with Gasteiger partial charge in [-0.15, -0.1) is 0 Å². The van der Waals surface area contributed by atoms with Gasteiger partial charge in [-0.1, -0.05) is 10.8 Å². The summed E-state index contributed by atoms with van der Waals surface area (Å²) in [6.45, 7) is 1.32. The van der Waals surface area contributed by atoms with E-state index >= 15 is 0 Å². The molecule has 1 amide bonds. The van der Waals surface area contributed by atoms with Crippen molar-refractivity contribution in [2.75, 3.05) is 20.0 Å². The second-order valence-electron chi connectivity index (χ2n) is 4.16. The number of benzene rings is 1. The smallest absolute Gasteiger partial charge is 0.329 e. The molecule has 120 valence electrons. The molecule has 8 heteroatoms. The average molecular weight is 343 g/mol. The van der Waals surface area contributed by atoms with Crippen molar-refractivity contribution in [3.63, 3.8) is 0 Å². The molecule has 0 heterocycles. The minimum Gasteiger partial charge on any atom is -0.497 e. The van der Waals surface area contributed by atoms with Gasteiger partial charge in [-0.2, -0.15) is 0 Å². The Morgan fingerprint density at radius 1 is 1.18 bits per heavy atom. The molecule has 0 aliphatic carbocycles. The van der Waals surface area contributed by atoms with Gasteiger partial charge in [-0.05, 0) is 35.1 Å². The number of methoxy groups -OCH3 is 2. The van der Waals surface area contributed by atoms with Crippen molar-refractivity contribution in [3.8, 4) is 5.75 Å². The van der Waals surface area contributed by atoms with Crippen LogP contribution in [0.4, 0.5) is 0 Å². The topological polar surface area (TPSA) is 81.7 Å². The van der Waals surface area contributed by atoms with E-state index < -0.39 is 12.0 Å². The number of carbonyl (C=O) groups is 3. The molecular weight excluding hydrogens is 326 g/mol. The number of ether oxygens (including phenoxy) is 2. The third-order valence-corrected chi connectivity index (χ3v) is 4.75. The maximum absolute atomic E-state index is 12.0. The zero-order chi connectivity index (χ0) is 16.5. The number of hydrogen-bond donors (Lipinski definition) is 1. The highest BCUT2D eigenvalue weighted by Gasteiger charge is 2.21. The molecule has 1 aromatic rings. The van der Waals surface area contributed by atoms with E-state index in [4.69, 9.17) is 4.74 Å². The van der Waals surface area contributed by atoms with Gasteiger partial charge in [0.05, 0.1) is 14.2 Å². The highest BCUT2D eigenvalue weighted by molar-refractivity contribution is 8.82. The van der Waals surface area contributed by atoms with Crippen LogP contribution < -0.4 is 10.1 Å². The number of amides is 1. The second-order valence-corrected chi connectivity index (χ2v) is 6.47. The summed E-state index contributed by atoms with van der Waals surface area (Å²) >= 11 is 0. The monoisotopic (exact) mass is 343 g/mol. The van der Waals surface area contributed by atoms with Gasteiger partial charge < -0.3 is 14.8 Å². The van der Waals surface area contributed by atoms with E-state index in [0.29, 0.717) is 11.3 Å². The first-order valence-corrected chi connectivity index (χ1v) is 8.62. The Morgan fingerprint density at radius 2 is 1.82 bits per heavy atom. The molecule has 1 unspecified atom stereocenters. The molecular formula is C14H17NO5S2. The van der Waals surface area contributed by atoms with Crippen molar-refractivity contribution in [2.24, 2.45) is 0 Å². The van der Waals surface area contributed by atoms with E-state index in [1.54, 1.807) is 31.4 Å². The van der Waals surface area contributed by atoms with Crippen LogP contribution in [0.5, 0.6) is 5.75 Å². The van der Waals surface area contributed by atoms with Crippen LogP contribution in [0.25, 0.3) is 0 Å². The Hall–Kier alpha value is -1.67. The van der Waals surface area contributed by atoms with Crippen LogP contribution in [0.3, 0.4) is 0 Å². The van der Waals surface area contributed by atoms with Gasteiger partial charge >= 0.3 is 5.97 Å². The molecule has 1 N–H and O–H groups in total. The minimum atomic E-state index is -0.774. The van der Waals surface area contributed by atoms with Gasteiger partial charge in [-0.3, -0.25) is 9.59 Å². The van der Waals surface area contributed by atoms with Crippen molar-refractivity contribution in [1.82, 2.24) is 5.32 Å². The fraction of sp³-hybridized carbons (Fsp3) is 0.357. The van der Waals surface area contributed by atoms with E-state index in [1.165, 1.54) is 24.8 Å². The Morgan fingerprint density at radius 3 is 2.32 bits per heavy atom. The van der Waals surface area contributed by atoms with Crippen LogP contribution in [0.2, 0.25) is 0 Å². The summed E-state index contributed by atoms with van der Waals surface area (Å²) in [4.78, 5) is 34.5. The number of hydrogen-bond acceptors (Lipinski definition) is 7. The van der Waals surface area contributed by atoms with Gasteiger partial charge in [-0.25, -0.2) is 4.79 Å². The van der Waals surface area contributed by atoms with Gasteiger partial charge in [0.2, 0.25) is 11.0 Å². The number of esters is 1. The molecule has 0 aromatic heterocycles. The molecule has 0 spiro atoms. The standard InChI is InChI=1S/C14H17NO5S2/c1-9(16)15-12(13(17)20-3)8-21-22-14(18)10-4-6-11(19-2)7-5-10/h4-7,12H,8H2,1-3H3,(H,15,16). The number of rotatable bonds is 7. The van der Waals surface area contributed by atoms with Crippen LogP contribution in [-0.4, -0.2) is 43.0 Å². The third kappa shape index (κ3) is 5.98. The molecule has 1 rings (SSSR count). The lowest BCUT2D eigenvalue weighted by Crippen LogP contribution is -2.42. The van der Waals surface area contributed by atoms with Crippen LogP contribution in [0.1, 0.15) is 17.3 Å². The largest absolute Gasteiger partial charge is 0.497 e. The first-order chi connectivity index (χ1) is 10.5. The van der Waals surface area contributed by atoms with Crippen molar-refractivity contribution in [2.45, 2.75) is 13.0 Å². The molecule has 1 aromatic carbocycles. The lowest BCUT2D eigenvalue weighted by molar-refractivity contribution is -0.144. The Labute approximate surface area is 136 Å². The van der Waals surface area contributed by atoms with E-state index in [0.717, 1.165) is 10.8 Å². The third-order valence-electron chi connectivity index (χ3n) is 2.56. The molecule has 0 aliphatic rings. The first kappa shape index (κ1) is 18.4. The fourth-order valence-corrected chi connectivity index (χ4v) is 3.47. The molecule has 0 saturated carbocycles. The molecule has 0 bridgehead atoms. The molecule has 6 nitrogen and oxygen atoms in total. The number of nitrogens with one attached hydrogen (secondary N) is 1. The summed E-state index contributed by atoms with van der Waals surface area (Å²) in [5.41, 5.74) is 0.535. The molecule has 0 fully saturated rings. The Balaban J connectivity index is 2.50. The number of carbonyl (C=O) groups excluding carboxylic acids is 3. The molecule has 0 radical (unpaired) electrons. The van der Waals surface area contributed by atoms with Crippen LogP contribution in [0, 0.1) is 0 Å². The van der Waals surface area contributed by atoms with Gasteiger partial charge in [0.25, 0.3) is 0 Å². The predicted molar refractivity (Wildman–Crippen MR) is 87.0 cm³/mol. The van der Waals surface area contributed by atoms with Crippen LogP contribution in [0.15, 0.2) is 24.3 Å². The van der Waals surface area contributed by atoms with Crippen molar-refractivity contribution in [1.29, 1.82) is 0 Å². The summed E-state index contributed by atoms with van der Waals surface area (Å²) in [7, 11) is 4.98. The molecule has 1 atom stereocenters. The molecule has 22 heavy (non-hydrogen) atoms. The van der Waals surface area contributed by atoms with Crippen molar-refractivity contribution >= 4 is 38.6 Å². The van der Waals surface area contributed by atoms with E-state index in [-0.39, 0.29) is 16.8 Å². The quantitative estimate of drug-likeness (QED) is 0.598. The van der Waals surface area contributed by atoms with E-state index in [9.17, 15) is 14.4 Å². The summed E-state index contributed by atoms with van der Waals surface area (Å²) in [6, 6.07) is 5.96. The zero-order valence-electron chi connectivity index (χ0n) is 12.5. The second kappa shape index (κ2) is 9.37. The Bertz CT molecular complexity index is 533. The average Bonchev–Trinajstić information content (AvgIpc) is 2.52. The fourth-order valence-electron chi connectivity index (χ4n) is 1.49. The maximum atomic E-state index is 12.0. The van der Waals surface area contributed by atoms with Crippen LogP contribution >= 0.6 is 21.6 Å². The van der Waals surface area contributed by atoms with Gasteiger partial charge in [0, 0.05) is 18.2 Å². The lowest BCUT2D eigenvalue weighted by Gasteiger charge is -2.14. The summed E-state index contributed by atoms with van der Waals surface area (Å²) in [5.74, 6) is 0.0343. The molecule has 0 aliphatic heterocycles. The highest BCUT2D eigenvalue weighted by Crippen LogP contribution is 2.27. The first-order valence-electron chi connectivity index (χ1n) is 6.30. The summed E-state index contributed by atoms with van der Waals surface area (Å²) in [6.07, 6.45) is 0. The maximum Gasteiger partial charge on any atom is 0.329 e. The summed E-state index contributed by atoms with van der Waals surface area (Å²) < 4.78 is 9.63. The zero-order valence-corrected chi connectivity index (χ0v) is 14.1. The van der Waals surface area contributed by atoms with E-state index in [2.05, 4.69) is 10.1 Å². The van der Waals surface area contributed by atoms with Crippen molar-refractivity contribution < 1.29 is 23.9 Å². The predicted octanol–water partition coefficient (Wildman–Crippen LogP) is 1.89. The van der Waals surface area contributed by atoms with Gasteiger partial charge in [0.1, 0.15) is 11.8 Å². The van der Waals surface area contributed by atoms with Crippen molar-refractivity contribution in [3.05, 3.63) is 29.8 Å². The SMILES string of the molecule is COC(=O)C(CSSC(=O)c1ccc(OC)cc1)NC(C)=O. The normalized spacial score (nSPS) is 11.4. The molecule has 0 saturated heterocycles. The summed E-state index contributed by atoms with van der Waals surface area (Å²) in [5, 5.41) is 2.34.